The second-order valence-electron chi connectivity index (χ2n) is 10.0. The summed E-state index contributed by atoms with van der Waals surface area (Å²) < 4.78 is 11.3. The minimum Gasteiger partial charge on any atom is -0.447 e. The van der Waals surface area contributed by atoms with Crippen LogP contribution in [0.1, 0.15) is 46.7 Å². The van der Waals surface area contributed by atoms with Crippen LogP contribution in [-0.4, -0.2) is 83.9 Å². The van der Waals surface area contributed by atoms with Gasteiger partial charge in [-0.15, -0.1) is 0 Å². The van der Waals surface area contributed by atoms with Crippen molar-refractivity contribution in [1.29, 1.82) is 0 Å². The predicted octanol–water partition coefficient (Wildman–Crippen LogP) is 3.66. The topological polar surface area (TPSA) is 130 Å². The summed E-state index contributed by atoms with van der Waals surface area (Å²) in [7, 11) is 3.25. The Balaban J connectivity index is 1.39. The fraction of sp³-hybridized carbons (Fsp3) is 0.444. The van der Waals surface area contributed by atoms with Gasteiger partial charge < -0.3 is 24.7 Å². The van der Waals surface area contributed by atoms with Gasteiger partial charge in [0.05, 0.1) is 18.2 Å². The van der Waals surface area contributed by atoms with E-state index in [1.54, 1.807) is 32.3 Å². The van der Waals surface area contributed by atoms with E-state index >= 15 is 0 Å². The lowest BCUT2D eigenvalue weighted by Gasteiger charge is -2.38. The summed E-state index contributed by atoms with van der Waals surface area (Å²) in [5.74, 6) is -1.21. The Morgan fingerprint density at radius 1 is 1.03 bits per heavy atom. The maximum Gasteiger partial charge on any atom is 0.294 e. The van der Waals surface area contributed by atoms with E-state index in [0.29, 0.717) is 11.1 Å². The number of fused-ring (bicyclic) bond motifs is 1. The molecular formula is C27H31ClN6O5. The van der Waals surface area contributed by atoms with Crippen molar-refractivity contribution in [2.75, 3.05) is 51.0 Å². The second-order valence-corrected chi connectivity index (χ2v) is 10.4. The van der Waals surface area contributed by atoms with Gasteiger partial charge in [0.15, 0.2) is 5.58 Å². The molecular weight excluding hydrogens is 524 g/mol. The Kier molecular flexibility index (Phi) is 8.10. The van der Waals surface area contributed by atoms with Crippen LogP contribution in [0.25, 0.3) is 11.1 Å². The molecule has 0 unspecified atom stereocenters. The van der Waals surface area contributed by atoms with Gasteiger partial charge in [-0.3, -0.25) is 19.3 Å². The van der Waals surface area contributed by atoms with Gasteiger partial charge in [0.25, 0.3) is 11.8 Å². The lowest BCUT2D eigenvalue weighted by molar-refractivity contribution is -0.121. The van der Waals surface area contributed by atoms with E-state index in [1.165, 1.54) is 17.2 Å². The highest BCUT2D eigenvalue weighted by Gasteiger charge is 2.32. The van der Waals surface area contributed by atoms with Crippen molar-refractivity contribution in [1.82, 2.24) is 19.8 Å². The van der Waals surface area contributed by atoms with Gasteiger partial charge in [0, 0.05) is 45.3 Å². The van der Waals surface area contributed by atoms with Crippen molar-refractivity contribution < 1.29 is 23.5 Å². The number of nitrogens with zero attached hydrogens (tertiary/aromatic N) is 4. The average molecular weight is 555 g/mol. The molecule has 11 nitrogen and oxygen atoms in total. The third kappa shape index (κ3) is 6.05. The molecule has 0 atom stereocenters. The van der Waals surface area contributed by atoms with Crippen LogP contribution in [0, 0.1) is 5.92 Å². The Morgan fingerprint density at radius 3 is 2.44 bits per heavy atom. The number of pyridine rings is 2. The van der Waals surface area contributed by atoms with Gasteiger partial charge in [0.2, 0.25) is 11.7 Å². The number of anilines is 2. The van der Waals surface area contributed by atoms with Crippen LogP contribution < -0.4 is 10.6 Å². The van der Waals surface area contributed by atoms with Gasteiger partial charge in [-0.2, -0.15) is 0 Å². The number of hydrogen-bond acceptors (Lipinski definition) is 8. The average Bonchev–Trinajstić information content (AvgIpc) is 3.32. The molecule has 0 radical (unpaired) electrons. The summed E-state index contributed by atoms with van der Waals surface area (Å²) in [5.41, 5.74) is 0.796. The summed E-state index contributed by atoms with van der Waals surface area (Å²) in [6, 6.07) is 6.69. The predicted molar refractivity (Wildman–Crippen MR) is 146 cm³/mol. The van der Waals surface area contributed by atoms with Crippen molar-refractivity contribution in [3.05, 3.63) is 46.9 Å². The molecule has 3 aromatic heterocycles. The number of furan rings is 1. The molecule has 0 spiro atoms. The Hall–Kier alpha value is -3.54. The standard InChI is InChI=1S/C27H31ClN6O5/c1-33(2)27(37)19-8-9-20-22(30-19)23(24(39-20)26(36)31-21-10-5-17(28)15-29-21)32-25(35)16-3-6-18(7-4-16)34-11-13-38-14-12-34/h5,8-10,15-16,18H,3-4,6-7,11-14H2,1-2H3,(H,32,35)(H,29,31,36)/t16-,18-. The monoisotopic (exact) mass is 554 g/mol. The summed E-state index contributed by atoms with van der Waals surface area (Å²) in [4.78, 5) is 51.7. The normalized spacial score (nSPS) is 20.0. The van der Waals surface area contributed by atoms with E-state index in [-0.39, 0.29) is 51.8 Å². The lowest BCUT2D eigenvalue weighted by atomic mass is 9.84. The van der Waals surface area contributed by atoms with Crippen LogP contribution in [0.3, 0.4) is 0 Å². The molecule has 0 aromatic carbocycles. The summed E-state index contributed by atoms with van der Waals surface area (Å²) in [5, 5.41) is 6.00. The highest BCUT2D eigenvalue weighted by atomic mass is 35.5. The molecule has 1 saturated heterocycles. The number of hydrogen-bond donors (Lipinski definition) is 2. The van der Waals surface area contributed by atoms with Crippen LogP contribution in [0.5, 0.6) is 0 Å². The number of halogens is 1. The third-order valence-corrected chi connectivity index (χ3v) is 7.44. The molecule has 2 aliphatic rings. The number of rotatable bonds is 6. The highest BCUT2D eigenvalue weighted by Crippen LogP contribution is 2.34. The molecule has 2 N–H and O–H groups in total. The SMILES string of the molecule is CN(C)C(=O)c1ccc2oc(C(=O)Nc3ccc(Cl)cn3)c(NC(=O)[C@H]3CC[C@H](N4CCOCC4)CC3)c2n1. The molecule has 0 bridgehead atoms. The van der Waals surface area contributed by atoms with E-state index < -0.39 is 5.91 Å². The van der Waals surface area contributed by atoms with Crippen LogP contribution in [0.15, 0.2) is 34.9 Å². The minimum atomic E-state index is -0.616. The van der Waals surface area contributed by atoms with Gasteiger partial charge in [0.1, 0.15) is 22.7 Å². The molecule has 206 valence electrons. The van der Waals surface area contributed by atoms with Crippen molar-refractivity contribution in [3.63, 3.8) is 0 Å². The number of morpholine rings is 1. The zero-order valence-corrected chi connectivity index (χ0v) is 22.7. The van der Waals surface area contributed by atoms with Crippen LogP contribution in [0.2, 0.25) is 5.02 Å². The highest BCUT2D eigenvalue weighted by molar-refractivity contribution is 6.30. The summed E-state index contributed by atoms with van der Waals surface area (Å²) in [6.45, 7) is 3.33. The number of carbonyl (C=O) groups excluding carboxylic acids is 3. The fourth-order valence-electron chi connectivity index (χ4n) is 5.09. The summed E-state index contributed by atoms with van der Waals surface area (Å²) in [6.07, 6.45) is 4.71. The number of aromatic nitrogens is 2. The lowest BCUT2D eigenvalue weighted by Crippen LogP contribution is -2.45. The summed E-state index contributed by atoms with van der Waals surface area (Å²) >= 11 is 5.90. The maximum absolute atomic E-state index is 13.4. The van der Waals surface area contributed by atoms with Crippen LogP contribution >= 0.6 is 11.6 Å². The van der Waals surface area contributed by atoms with Crippen LogP contribution in [-0.2, 0) is 9.53 Å². The Morgan fingerprint density at radius 2 is 1.77 bits per heavy atom. The first-order valence-electron chi connectivity index (χ1n) is 13.0. The molecule has 1 aliphatic heterocycles. The van der Waals surface area contributed by atoms with Crippen molar-refractivity contribution in [2.45, 2.75) is 31.7 Å². The second kappa shape index (κ2) is 11.7. The minimum absolute atomic E-state index is 0.126. The van der Waals surface area contributed by atoms with Crippen molar-refractivity contribution >= 4 is 51.9 Å². The van der Waals surface area contributed by atoms with Gasteiger partial charge >= 0.3 is 0 Å². The molecule has 1 aliphatic carbocycles. The van der Waals surface area contributed by atoms with E-state index in [1.807, 2.05) is 0 Å². The van der Waals surface area contributed by atoms with E-state index in [9.17, 15) is 14.4 Å². The van der Waals surface area contributed by atoms with Crippen molar-refractivity contribution in [3.8, 4) is 0 Å². The largest absolute Gasteiger partial charge is 0.447 e. The van der Waals surface area contributed by atoms with Crippen molar-refractivity contribution in [2.24, 2.45) is 5.92 Å². The molecule has 4 heterocycles. The number of nitrogens with one attached hydrogen (secondary N) is 2. The van der Waals surface area contributed by atoms with Gasteiger partial charge in [-0.1, -0.05) is 11.6 Å². The molecule has 2 fully saturated rings. The number of carbonyl (C=O) groups is 3. The molecule has 3 amide bonds. The van der Waals surface area contributed by atoms with Crippen LogP contribution in [0.4, 0.5) is 11.5 Å². The van der Waals surface area contributed by atoms with Gasteiger partial charge in [-0.25, -0.2) is 9.97 Å². The first-order valence-corrected chi connectivity index (χ1v) is 13.4. The maximum atomic E-state index is 13.4. The number of ether oxygens (including phenoxy) is 1. The molecule has 12 heteroatoms. The van der Waals surface area contributed by atoms with E-state index in [4.69, 9.17) is 20.8 Å². The quantitative estimate of drug-likeness (QED) is 0.472. The smallest absolute Gasteiger partial charge is 0.294 e. The molecule has 3 aromatic rings. The zero-order valence-electron chi connectivity index (χ0n) is 21.9. The first kappa shape index (κ1) is 27.0. The van der Waals surface area contributed by atoms with E-state index in [2.05, 4.69) is 25.5 Å². The fourth-order valence-corrected chi connectivity index (χ4v) is 5.21. The third-order valence-electron chi connectivity index (χ3n) is 7.21. The zero-order chi connectivity index (χ0) is 27.5. The molecule has 39 heavy (non-hydrogen) atoms. The Labute approximate surface area is 230 Å². The van der Waals surface area contributed by atoms with E-state index in [0.717, 1.165) is 52.0 Å². The first-order chi connectivity index (χ1) is 18.8. The molecule has 5 rings (SSSR count). The molecule has 1 saturated carbocycles. The number of amides is 3. The Bertz CT molecular complexity index is 1360. The van der Waals surface area contributed by atoms with Gasteiger partial charge in [-0.05, 0) is 49.9 Å².